The van der Waals surface area contributed by atoms with Crippen LogP contribution in [-0.4, -0.2) is 31.9 Å². The topological polar surface area (TPSA) is 114 Å². The first-order chi connectivity index (χ1) is 13.9. The second-order valence-electron chi connectivity index (χ2n) is 6.23. The molecule has 1 aromatic carbocycles. The van der Waals surface area contributed by atoms with Gasteiger partial charge in [0.1, 0.15) is 5.01 Å². The maximum Gasteiger partial charge on any atom is 0.306 e. The summed E-state index contributed by atoms with van der Waals surface area (Å²) in [6.45, 7) is 4.02. The van der Waals surface area contributed by atoms with Crippen molar-refractivity contribution in [1.29, 1.82) is 0 Å². The maximum atomic E-state index is 12.4. The fourth-order valence-electron chi connectivity index (χ4n) is 2.62. The lowest BCUT2D eigenvalue weighted by molar-refractivity contribution is -0.144. The van der Waals surface area contributed by atoms with Gasteiger partial charge in [0, 0.05) is 17.5 Å². The van der Waals surface area contributed by atoms with E-state index in [1.54, 1.807) is 31.2 Å². The molecule has 0 bridgehead atoms. The number of nitrogens with zero attached hydrogens (tertiary/aromatic N) is 1. The Balaban J connectivity index is 2.08. The minimum absolute atomic E-state index is 0.0260. The van der Waals surface area contributed by atoms with Gasteiger partial charge in [-0.1, -0.05) is 19.1 Å². The molecule has 0 spiro atoms. The van der Waals surface area contributed by atoms with Gasteiger partial charge in [-0.25, -0.2) is 13.4 Å². The normalized spacial score (nSPS) is 11.8. The van der Waals surface area contributed by atoms with Crippen LogP contribution in [0.2, 0.25) is 0 Å². The number of rotatable bonds is 11. The van der Waals surface area contributed by atoms with Crippen LogP contribution in [0.1, 0.15) is 49.0 Å². The number of hydrogen-bond acceptors (Lipinski definition) is 7. The number of amides is 1. The molecule has 0 saturated carbocycles. The van der Waals surface area contributed by atoms with Gasteiger partial charge in [-0.2, -0.15) is 0 Å². The van der Waals surface area contributed by atoms with Crippen molar-refractivity contribution >= 4 is 39.8 Å². The fraction of sp³-hybridized carbons (Fsp3) is 0.421. The average Bonchev–Trinajstić information content (AvgIpc) is 3.16. The number of nitrogens with one attached hydrogen (secondary N) is 2. The lowest BCUT2D eigenvalue weighted by Crippen LogP contribution is -2.30. The van der Waals surface area contributed by atoms with Crippen molar-refractivity contribution in [3.63, 3.8) is 0 Å². The molecule has 0 radical (unpaired) electrons. The molecule has 29 heavy (non-hydrogen) atoms. The molecule has 1 heterocycles. The van der Waals surface area contributed by atoms with E-state index < -0.39 is 16.9 Å². The van der Waals surface area contributed by atoms with Gasteiger partial charge in [0.15, 0.2) is 0 Å². The highest BCUT2D eigenvalue weighted by Crippen LogP contribution is 2.24. The summed E-state index contributed by atoms with van der Waals surface area (Å²) in [7, 11) is -2.72. The third kappa shape index (κ3) is 7.82. The van der Waals surface area contributed by atoms with E-state index in [1.165, 1.54) is 11.3 Å². The zero-order valence-corrected chi connectivity index (χ0v) is 18.1. The highest BCUT2D eigenvalue weighted by atomic mass is 32.2. The standard InChI is InChI=1S/C19H25N3O5S2/c1-3-14-12-28-19(20-14)16(21-17(23)9-10-18(24)27-4-2)11-13-5-7-15(8-6-13)22-29(25)26/h5-8,12,16,29H,3-4,9-11H2,1-2H3,(H,21,23)(H,22,25,26)/t16-/m0/s1. The highest BCUT2D eigenvalue weighted by molar-refractivity contribution is 7.73. The van der Waals surface area contributed by atoms with Gasteiger partial charge in [-0.15, -0.1) is 11.3 Å². The number of ether oxygens (including phenoxy) is 1. The Morgan fingerprint density at radius 3 is 2.48 bits per heavy atom. The molecule has 0 aliphatic rings. The largest absolute Gasteiger partial charge is 0.466 e. The number of thiol groups is 1. The SMILES string of the molecule is CCOC(=O)CCC(=O)N[C@@H](Cc1ccc(N[SH](=O)=O)cc1)c1nc(CC)cs1. The lowest BCUT2D eigenvalue weighted by Gasteiger charge is -2.17. The van der Waals surface area contributed by atoms with Crippen LogP contribution >= 0.6 is 11.3 Å². The van der Waals surface area contributed by atoms with Crippen molar-refractivity contribution in [3.8, 4) is 0 Å². The number of anilines is 1. The summed E-state index contributed by atoms with van der Waals surface area (Å²) >= 11 is 1.48. The predicted octanol–water partition coefficient (Wildman–Crippen LogP) is 2.39. The molecule has 0 fully saturated rings. The number of carbonyl (C=O) groups excluding carboxylic acids is 2. The summed E-state index contributed by atoms with van der Waals surface area (Å²) in [6, 6.07) is 6.59. The number of aromatic nitrogens is 1. The molecule has 8 nitrogen and oxygen atoms in total. The zero-order valence-electron chi connectivity index (χ0n) is 16.3. The first kappa shape index (κ1) is 22.8. The van der Waals surface area contributed by atoms with Gasteiger partial charge in [0.2, 0.25) is 16.8 Å². The average molecular weight is 440 g/mol. The van der Waals surface area contributed by atoms with E-state index in [1.807, 2.05) is 12.3 Å². The lowest BCUT2D eigenvalue weighted by atomic mass is 10.1. The van der Waals surface area contributed by atoms with Crippen LogP contribution < -0.4 is 10.0 Å². The van der Waals surface area contributed by atoms with Gasteiger partial charge >= 0.3 is 5.97 Å². The summed E-state index contributed by atoms with van der Waals surface area (Å²) < 4.78 is 28.7. The van der Waals surface area contributed by atoms with Crippen LogP contribution in [0.25, 0.3) is 0 Å². The molecule has 158 valence electrons. The molecular weight excluding hydrogens is 414 g/mol. The van der Waals surface area contributed by atoms with Gasteiger partial charge in [-0.3, -0.25) is 14.3 Å². The molecule has 1 atom stereocenters. The Kier molecular flexibility index (Phi) is 9.07. The summed E-state index contributed by atoms with van der Waals surface area (Å²) in [4.78, 5) is 28.4. The Bertz CT molecular complexity index is 886. The van der Waals surface area contributed by atoms with Crippen molar-refractivity contribution < 1.29 is 22.7 Å². The molecular formula is C19H25N3O5S2. The summed E-state index contributed by atoms with van der Waals surface area (Å²) in [5, 5.41) is 5.70. The van der Waals surface area contributed by atoms with Crippen molar-refractivity contribution in [2.75, 3.05) is 11.3 Å². The summed E-state index contributed by atoms with van der Waals surface area (Å²) in [5.41, 5.74) is 2.34. The van der Waals surface area contributed by atoms with Crippen LogP contribution in [0, 0.1) is 0 Å². The van der Waals surface area contributed by atoms with Gasteiger partial charge < -0.3 is 10.1 Å². The van der Waals surface area contributed by atoms with Gasteiger partial charge in [0.25, 0.3) is 0 Å². The van der Waals surface area contributed by atoms with E-state index in [0.717, 1.165) is 22.7 Å². The maximum absolute atomic E-state index is 12.4. The van der Waals surface area contributed by atoms with E-state index in [4.69, 9.17) is 4.74 Å². The van der Waals surface area contributed by atoms with Crippen LogP contribution in [-0.2, 0) is 38.1 Å². The Morgan fingerprint density at radius 1 is 1.17 bits per heavy atom. The zero-order chi connectivity index (χ0) is 21.2. The third-order valence-electron chi connectivity index (χ3n) is 4.04. The molecule has 10 heteroatoms. The molecule has 0 saturated heterocycles. The molecule has 0 aliphatic carbocycles. The smallest absolute Gasteiger partial charge is 0.306 e. The van der Waals surface area contributed by atoms with Crippen molar-refractivity contribution in [2.24, 2.45) is 0 Å². The van der Waals surface area contributed by atoms with E-state index in [2.05, 4.69) is 15.0 Å². The van der Waals surface area contributed by atoms with E-state index >= 15 is 0 Å². The van der Waals surface area contributed by atoms with E-state index in [0.29, 0.717) is 12.1 Å². The van der Waals surface area contributed by atoms with Crippen molar-refractivity contribution in [2.45, 2.75) is 45.6 Å². The number of benzene rings is 1. The molecule has 2 N–H and O–H groups in total. The summed E-state index contributed by atoms with van der Waals surface area (Å²) in [5.74, 6) is -0.653. The molecule has 1 amide bonds. The predicted molar refractivity (Wildman–Crippen MR) is 112 cm³/mol. The number of hydrogen-bond donors (Lipinski definition) is 3. The Labute approximate surface area is 175 Å². The third-order valence-corrected chi connectivity index (χ3v) is 5.49. The minimum Gasteiger partial charge on any atom is -0.466 e. The fourth-order valence-corrected chi connectivity index (χ4v) is 3.93. The number of esters is 1. The van der Waals surface area contributed by atoms with Crippen LogP contribution in [0.15, 0.2) is 29.6 Å². The molecule has 2 aromatic rings. The van der Waals surface area contributed by atoms with Crippen LogP contribution in [0.3, 0.4) is 0 Å². The van der Waals surface area contributed by atoms with E-state index in [-0.39, 0.29) is 31.4 Å². The first-order valence-electron chi connectivity index (χ1n) is 9.30. The Morgan fingerprint density at radius 2 is 1.90 bits per heavy atom. The highest BCUT2D eigenvalue weighted by Gasteiger charge is 2.19. The minimum atomic E-state index is -2.72. The quantitative estimate of drug-likeness (QED) is 0.366. The number of thiazole rings is 1. The monoisotopic (exact) mass is 439 g/mol. The van der Waals surface area contributed by atoms with Gasteiger partial charge in [0.05, 0.1) is 24.8 Å². The first-order valence-corrected chi connectivity index (χ1v) is 11.4. The van der Waals surface area contributed by atoms with Crippen LogP contribution in [0.4, 0.5) is 5.69 Å². The van der Waals surface area contributed by atoms with Crippen molar-refractivity contribution in [3.05, 3.63) is 45.9 Å². The summed E-state index contributed by atoms with van der Waals surface area (Å²) in [6.07, 6.45) is 1.36. The molecule has 0 unspecified atom stereocenters. The Hall–Kier alpha value is -2.46. The van der Waals surface area contributed by atoms with E-state index in [9.17, 15) is 18.0 Å². The molecule has 2 rings (SSSR count). The molecule has 0 aliphatic heterocycles. The van der Waals surface area contributed by atoms with Gasteiger partial charge in [-0.05, 0) is 37.5 Å². The molecule has 1 aromatic heterocycles. The van der Waals surface area contributed by atoms with Crippen LogP contribution in [0.5, 0.6) is 0 Å². The second-order valence-corrected chi connectivity index (χ2v) is 7.85. The number of carbonyl (C=O) groups is 2. The number of aryl methyl sites for hydroxylation is 1. The second kappa shape index (κ2) is 11.5. The van der Waals surface area contributed by atoms with Crippen molar-refractivity contribution in [1.82, 2.24) is 10.3 Å².